The third kappa shape index (κ3) is 3.78. The number of hydrogen-bond donors (Lipinski definition) is 1. The number of nitrogens with one attached hydrogen (secondary N) is 1. The Hall–Kier alpha value is -2.43. The van der Waals surface area contributed by atoms with Crippen molar-refractivity contribution in [3.8, 4) is 11.6 Å². The van der Waals surface area contributed by atoms with Gasteiger partial charge in [0.25, 0.3) is 0 Å². The Kier molecular flexibility index (Phi) is 4.30. The van der Waals surface area contributed by atoms with Gasteiger partial charge in [0.2, 0.25) is 11.8 Å². The molecule has 5 heteroatoms. The van der Waals surface area contributed by atoms with Crippen LogP contribution in [0.1, 0.15) is 19.5 Å². The maximum Gasteiger partial charge on any atom is 0.238 e. The van der Waals surface area contributed by atoms with Crippen LogP contribution in [0.2, 0.25) is 0 Å². The maximum absolute atomic E-state index is 11.6. The van der Waals surface area contributed by atoms with Crippen LogP contribution in [-0.2, 0) is 4.79 Å². The Bertz CT molecular complexity index is 577. The summed E-state index contributed by atoms with van der Waals surface area (Å²) in [5.41, 5.74) is 1.58. The topological polar surface area (TPSA) is 64.1 Å². The van der Waals surface area contributed by atoms with Crippen molar-refractivity contribution in [3.05, 3.63) is 42.1 Å². The predicted octanol–water partition coefficient (Wildman–Crippen LogP) is 3.17. The number of ether oxygens (including phenoxy) is 1. The molecule has 1 aromatic heterocycles. The molecule has 0 aliphatic carbocycles. The summed E-state index contributed by atoms with van der Waals surface area (Å²) in [5.74, 6) is 1.03. The first-order chi connectivity index (χ1) is 9.54. The van der Waals surface area contributed by atoms with Crippen molar-refractivity contribution < 1.29 is 9.53 Å². The second-order valence-corrected chi connectivity index (χ2v) is 4.78. The highest BCUT2D eigenvalue weighted by Gasteiger charge is 2.07. The number of hydrogen-bond acceptors (Lipinski definition) is 4. The molecule has 1 amide bonds. The fourth-order valence-corrected chi connectivity index (χ4v) is 1.45. The summed E-state index contributed by atoms with van der Waals surface area (Å²) in [6.07, 6.45) is 0. The highest BCUT2D eigenvalue weighted by atomic mass is 16.5. The van der Waals surface area contributed by atoms with Crippen LogP contribution in [-0.4, -0.2) is 16.1 Å². The molecule has 1 aromatic carbocycles. The number of rotatable bonds is 4. The largest absolute Gasteiger partial charge is 0.438 e. The molecule has 0 atom stereocenters. The van der Waals surface area contributed by atoms with E-state index < -0.39 is 0 Å². The van der Waals surface area contributed by atoms with Crippen LogP contribution in [0.3, 0.4) is 0 Å². The lowest BCUT2D eigenvalue weighted by atomic mass is 10.2. The molecule has 104 valence electrons. The Morgan fingerprint density at radius 3 is 2.35 bits per heavy atom. The van der Waals surface area contributed by atoms with Crippen LogP contribution in [0.4, 0.5) is 5.69 Å². The van der Waals surface area contributed by atoms with Crippen LogP contribution < -0.4 is 10.1 Å². The Balaban J connectivity index is 2.01. The van der Waals surface area contributed by atoms with Gasteiger partial charge in [-0.25, -0.2) is 0 Å². The minimum absolute atomic E-state index is 0.0110. The molecule has 0 radical (unpaired) electrons. The number of aryl methyl sites for hydroxylation is 1. The molecule has 0 saturated carbocycles. The van der Waals surface area contributed by atoms with Crippen LogP contribution in [0.25, 0.3) is 0 Å². The molecule has 0 aliphatic rings. The van der Waals surface area contributed by atoms with E-state index in [-0.39, 0.29) is 11.8 Å². The van der Waals surface area contributed by atoms with Crippen molar-refractivity contribution in [3.63, 3.8) is 0 Å². The lowest BCUT2D eigenvalue weighted by molar-refractivity contribution is -0.118. The van der Waals surface area contributed by atoms with E-state index in [1.807, 2.05) is 26.8 Å². The zero-order chi connectivity index (χ0) is 14.5. The molecule has 0 aliphatic heterocycles. The van der Waals surface area contributed by atoms with Crippen molar-refractivity contribution in [1.82, 2.24) is 10.2 Å². The molecule has 0 spiro atoms. The van der Waals surface area contributed by atoms with E-state index in [0.717, 1.165) is 11.4 Å². The Morgan fingerprint density at radius 1 is 1.10 bits per heavy atom. The summed E-state index contributed by atoms with van der Waals surface area (Å²) in [6.45, 7) is 5.56. The van der Waals surface area contributed by atoms with Gasteiger partial charge in [0.05, 0.1) is 5.69 Å². The second kappa shape index (κ2) is 6.14. The Labute approximate surface area is 118 Å². The molecule has 20 heavy (non-hydrogen) atoms. The summed E-state index contributed by atoms with van der Waals surface area (Å²) < 4.78 is 5.55. The molecular weight excluding hydrogens is 254 g/mol. The molecule has 2 aromatic rings. The molecule has 0 fully saturated rings. The highest BCUT2D eigenvalue weighted by Crippen LogP contribution is 2.21. The molecule has 5 nitrogen and oxygen atoms in total. The fraction of sp³-hybridized carbons (Fsp3) is 0.267. The van der Waals surface area contributed by atoms with Gasteiger partial charge in [-0.1, -0.05) is 13.8 Å². The van der Waals surface area contributed by atoms with Gasteiger partial charge in [-0.05, 0) is 37.3 Å². The number of anilines is 1. The molecule has 0 unspecified atom stereocenters. The van der Waals surface area contributed by atoms with Gasteiger partial charge in [-0.2, -0.15) is 5.10 Å². The van der Waals surface area contributed by atoms with Crippen molar-refractivity contribution in [2.24, 2.45) is 5.92 Å². The average molecular weight is 271 g/mol. The normalized spacial score (nSPS) is 10.4. The third-order valence-electron chi connectivity index (χ3n) is 2.64. The average Bonchev–Trinajstić information content (AvgIpc) is 2.43. The SMILES string of the molecule is Cc1ccc(Oc2ccc(NC(=O)C(C)C)cc2)nn1. The van der Waals surface area contributed by atoms with Gasteiger partial charge in [0, 0.05) is 17.7 Å². The van der Waals surface area contributed by atoms with Crippen LogP contribution >= 0.6 is 0 Å². The number of carbonyl (C=O) groups is 1. The van der Waals surface area contributed by atoms with E-state index in [1.54, 1.807) is 30.3 Å². The van der Waals surface area contributed by atoms with Gasteiger partial charge < -0.3 is 10.1 Å². The number of carbonyl (C=O) groups excluding carboxylic acids is 1. The first-order valence-corrected chi connectivity index (χ1v) is 6.44. The van der Waals surface area contributed by atoms with Gasteiger partial charge in [0.1, 0.15) is 5.75 Å². The lowest BCUT2D eigenvalue weighted by Crippen LogP contribution is -2.17. The second-order valence-electron chi connectivity index (χ2n) is 4.78. The van der Waals surface area contributed by atoms with E-state index in [4.69, 9.17) is 4.74 Å². The van der Waals surface area contributed by atoms with Gasteiger partial charge >= 0.3 is 0 Å². The van der Waals surface area contributed by atoms with Crippen molar-refractivity contribution in [2.75, 3.05) is 5.32 Å². The minimum Gasteiger partial charge on any atom is -0.438 e. The van der Waals surface area contributed by atoms with Crippen LogP contribution in [0.15, 0.2) is 36.4 Å². The van der Waals surface area contributed by atoms with Crippen molar-refractivity contribution in [2.45, 2.75) is 20.8 Å². The number of nitrogens with zero attached hydrogens (tertiary/aromatic N) is 2. The van der Waals surface area contributed by atoms with E-state index in [0.29, 0.717) is 11.6 Å². The van der Waals surface area contributed by atoms with E-state index in [1.165, 1.54) is 0 Å². The number of amides is 1. The third-order valence-corrected chi connectivity index (χ3v) is 2.64. The smallest absolute Gasteiger partial charge is 0.238 e. The first kappa shape index (κ1) is 14.0. The monoisotopic (exact) mass is 271 g/mol. The van der Waals surface area contributed by atoms with E-state index >= 15 is 0 Å². The summed E-state index contributed by atoms with van der Waals surface area (Å²) in [7, 11) is 0. The summed E-state index contributed by atoms with van der Waals surface area (Å²) in [5, 5.41) is 10.7. The van der Waals surface area contributed by atoms with Crippen molar-refractivity contribution in [1.29, 1.82) is 0 Å². The first-order valence-electron chi connectivity index (χ1n) is 6.44. The van der Waals surface area contributed by atoms with Crippen LogP contribution in [0, 0.1) is 12.8 Å². The molecular formula is C15H17N3O2. The summed E-state index contributed by atoms with van der Waals surface area (Å²) >= 11 is 0. The Morgan fingerprint density at radius 2 is 1.80 bits per heavy atom. The number of aromatic nitrogens is 2. The molecule has 2 rings (SSSR count). The zero-order valence-electron chi connectivity index (χ0n) is 11.8. The predicted molar refractivity (Wildman–Crippen MR) is 76.8 cm³/mol. The standard InChI is InChI=1S/C15H17N3O2/c1-10(2)15(19)16-12-5-7-13(8-6-12)20-14-9-4-11(3)17-18-14/h4-10H,1-3H3,(H,16,19). The molecule has 1 heterocycles. The fourth-order valence-electron chi connectivity index (χ4n) is 1.45. The quantitative estimate of drug-likeness (QED) is 0.927. The minimum atomic E-state index is -0.0474. The maximum atomic E-state index is 11.6. The lowest BCUT2D eigenvalue weighted by Gasteiger charge is -2.08. The van der Waals surface area contributed by atoms with Crippen molar-refractivity contribution >= 4 is 11.6 Å². The molecule has 0 bridgehead atoms. The van der Waals surface area contributed by atoms with Gasteiger partial charge in [0.15, 0.2) is 0 Å². The molecule has 1 N–H and O–H groups in total. The summed E-state index contributed by atoms with van der Waals surface area (Å²) in [4.78, 5) is 11.6. The van der Waals surface area contributed by atoms with E-state index in [2.05, 4.69) is 15.5 Å². The van der Waals surface area contributed by atoms with E-state index in [9.17, 15) is 4.79 Å². The van der Waals surface area contributed by atoms with Crippen LogP contribution in [0.5, 0.6) is 11.6 Å². The zero-order valence-corrected chi connectivity index (χ0v) is 11.8. The number of benzene rings is 1. The highest BCUT2D eigenvalue weighted by molar-refractivity contribution is 5.92. The van der Waals surface area contributed by atoms with Gasteiger partial charge in [-0.3, -0.25) is 4.79 Å². The van der Waals surface area contributed by atoms with Gasteiger partial charge in [-0.15, -0.1) is 5.10 Å². The summed E-state index contributed by atoms with van der Waals surface area (Å²) in [6, 6.07) is 10.7. The molecule has 0 saturated heterocycles.